The number of anilines is 1. The van der Waals surface area contributed by atoms with Crippen LogP contribution in [-0.2, 0) is 6.18 Å². The van der Waals surface area contributed by atoms with Gasteiger partial charge in [0.05, 0.1) is 12.4 Å². The molecule has 2 aromatic rings. The molecule has 0 bridgehead atoms. The van der Waals surface area contributed by atoms with Crippen LogP contribution in [0, 0.1) is 5.82 Å². The van der Waals surface area contributed by atoms with E-state index < -0.39 is 17.7 Å². The molecule has 6 nitrogen and oxygen atoms in total. The average molecular weight is 343 g/mol. The Morgan fingerprint density at radius 3 is 2.38 bits per heavy atom. The molecule has 3 rings (SSSR count). The maximum Gasteiger partial charge on any atom is 0.433 e. The number of hydrogen-bond acceptors (Lipinski definition) is 6. The summed E-state index contributed by atoms with van der Waals surface area (Å²) in [7, 11) is 0. The van der Waals surface area contributed by atoms with Crippen molar-refractivity contribution in [1.82, 2.24) is 19.9 Å². The van der Waals surface area contributed by atoms with Gasteiger partial charge >= 0.3 is 12.2 Å². The first-order valence-corrected chi connectivity index (χ1v) is 7.21. The molecule has 1 aliphatic rings. The molecule has 0 N–H and O–H groups in total. The van der Waals surface area contributed by atoms with E-state index in [1.807, 2.05) is 4.90 Å². The summed E-state index contributed by atoms with van der Waals surface area (Å²) >= 11 is 0. The fourth-order valence-electron chi connectivity index (χ4n) is 2.35. The molecule has 3 heterocycles. The number of halogens is 4. The van der Waals surface area contributed by atoms with Gasteiger partial charge in [0.25, 0.3) is 0 Å². The molecule has 0 spiro atoms. The SMILES string of the molecule is Fc1cnc(N2CCC(Oc3nccc(C(F)(F)F)n3)CC2)nc1. The van der Waals surface area contributed by atoms with Crippen LogP contribution < -0.4 is 9.64 Å². The van der Waals surface area contributed by atoms with Crippen LogP contribution in [0.2, 0.25) is 0 Å². The molecule has 2 aromatic heterocycles. The highest BCUT2D eigenvalue weighted by atomic mass is 19.4. The third-order valence-corrected chi connectivity index (χ3v) is 3.53. The minimum absolute atomic E-state index is 0.290. The molecule has 0 aliphatic carbocycles. The summed E-state index contributed by atoms with van der Waals surface area (Å²) in [5.74, 6) is -0.108. The van der Waals surface area contributed by atoms with Crippen molar-refractivity contribution in [2.45, 2.75) is 25.1 Å². The molecule has 0 radical (unpaired) electrons. The van der Waals surface area contributed by atoms with Gasteiger partial charge in [-0.05, 0) is 6.07 Å². The summed E-state index contributed by atoms with van der Waals surface area (Å²) in [5, 5.41) is 0. The summed E-state index contributed by atoms with van der Waals surface area (Å²) in [5.41, 5.74) is -1.04. The summed E-state index contributed by atoms with van der Waals surface area (Å²) in [6.45, 7) is 1.07. The quantitative estimate of drug-likeness (QED) is 0.798. The molecule has 0 aromatic carbocycles. The van der Waals surface area contributed by atoms with Crippen molar-refractivity contribution in [2.24, 2.45) is 0 Å². The molecule has 0 amide bonds. The van der Waals surface area contributed by atoms with Crippen LogP contribution in [0.3, 0.4) is 0 Å². The Labute approximate surface area is 134 Å². The minimum Gasteiger partial charge on any atom is -0.460 e. The van der Waals surface area contributed by atoms with Crippen molar-refractivity contribution in [2.75, 3.05) is 18.0 Å². The normalized spacial score (nSPS) is 16.2. The van der Waals surface area contributed by atoms with Gasteiger partial charge in [-0.1, -0.05) is 0 Å². The number of rotatable bonds is 3. The second-order valence-corrected chi connectivity index (χ2v) is 5.23. The third-order valence-electron chi connectivity index (χ3n) is 3.53. The standard InChI is InChI=1S/C14H13F4N5O/c15-9-7-20-12(21-8-9)23-5-2-10(3-6-23)24-13-19-4-1-11(22-13)14(16,17)18/h1,4,7-8,10H,2-3,5-6H2. The maximum absolute atomic E-state index is 12.8. The van der Waals surface area contributed by atoms with E-state index in [0.717, 1.165) is 24.7 Å². The monoisotopic (exact) mass is 343 g/mol. The van der Waals surface area contributed by atoms with E-state index in [-0.39, 0.29) is 12.1 Å². The van der Waals surface area contributed by atoms with Crippen molar-refractivity contribution in [3.8, 4) is 6.01 Å². The third kappa shape index (κ3) is 3.87. The highest BCUT2D eigenvalue weighted by molar-refractivity contribution is 5.29. The number of nitrogens with zero attached hydrogens (tertiary/aromatic N) is 5. The van der Waals surface area contributed by atoms with E-state index in [9.17, 15) is 17.6 Å². The first-order valence-electron chi connectivity index (χ1n) is 7.21. The molecule has 1 fully saturated rings. The molecule has 1 saturated heterocycles. The number of ether oxygens (including phenoxy) is 1. The van der Waals surface area contributed by atoms with E-state index in [2.05, 4.69) is 19.9 Å². The molecular formula is C14H13F4N5O. The van der Waals surface area contributed by atoms with Crippen molar-refractivity contribution in [3.63, 3.8) is 0 Å². The minimum atomic E-state index is -4.54. The summed E-state index contributed by atoms with van der Waals surface area (Å²) in [6.07, 6.45) is -0.564. The second-order valence-electron chi connectivity index (χ2n) is 5.23. The second kappa shape index (κ2) is 6.54. The summed E-state index contributed by atoms with van der Waals surface area (Å²) in [6, 6.07) is 0.503. The zero-order valence-corrected chi connectivity index (χ0v) is 12.4. The molecule has 0 unspecified atom stereocenters. The molecule has 1 aliphatic heterocycles. The van der Waals surface area contributed by atoms with Crippen molar-refractivity contribution < 1.29 is 22.3 Å². The first-order chi connectivity index (χ1) is 11.4. The Balaban J connectivity index is 1.58. The highest BCUT2D eigenvalue weighted by Crippen LogP contribution is 2.28. The maximum atomic E-state index is 12.8. The Hall–Kier alpha value is -2.52. The molecular weight excluding hydrogens is 330 g/mol. The van der Waals surface area contributed by atoms with E-state index in [1.165, 1.54) is 0 Å². The van der Waals surface area contributed by atoms with Crippen LogP contribution in [0.25, 0.3) is 0 Å². The van der Waals surface area contributed by atoms with Crippen LogP contribution in [0.5, 0.6) is 6.01 Å². The lowest BCUT2D eigenvalue weighted by atomic mass is 10.1. The van der Waals surface area contributed by atoms with Gasteiger partial charge in [-0.3, -0.25) is 0 Å². The number of piperidine rings is 1. The number of hydrogen-bond donors (Lipinski definition) is 0. The fourth-order valence-corrected chi connectivity index (χ4v) is 2.35. The lowest BCUT2D eigenvalue weighted by Gasteiger charge is -2.31. The lowest BCUT2D eigenvalue weighted by Crippen LogP contribution is -2.39. The molecule has 0 saturated carbocycles. The van der Waals surface area contributed by atoms with Gasteiger partial charge in [-0.2, -0.15) is 18.2 Å². The number of alkyl halides is 3. The predicted molar refractivity (Wildman–Crippen MR) is 74.9 cm³/mol. The van der Waals surface area contributed by atoms with Gasteiger partial charge in [-0.25, -0.2) is 19.3 Å². The summed E-state index contributed by atoms with van der Waals surface area (Å²) in [4.78, 5) is 16.8. The van der Waals surface area contributed by atoms with Gasteiger partial charge < -0.3 is 9.64 Å². The van der Waals surface area contributed by atoms with Crippen molar-refractivity contribution in [3.05, 3.63) is 36.2 Å². The van der Waals surface area contributed by atoms with Crippen LogP contribution >= 0.6 is 0 Å². The van der Waals surface area contributed by atoms with Gasteiger partial charge in [0.1, 0.15) is 6.10 Å². The average Bonchev–Trinajstić information content (AvgIpc) is 2.56. The lowest BCUT2D eigenvalue weighted by molar-refractivity contribution is -0.141. The summed E-state index contributed by atoms with van der Waals surface area (Å²) < 4.78 is 56.1. The molecule has 0 atom stereocenters. The zero-order chi connectivity index (χ0) is 17.2. The van der Waals surface area contributed by atoms with Crippen LogP contribution in [0.4, 0.5) is 23.5 Å². The van der Waals surface area contributed by atoms with E-state index in [4.69, 9.17) is 4.74 Å². The van der Waals surface area contributed by atoms with E-state index >= 15 is 0 Å². The topological polar surface area (TPSA) is 64.0 Å². The molecule has 10 heteroatoms. The predicted octanol–water partition coefficient (Wildman–Crippen LogP) is 2.47. The fraction of sp³-hybridized carbons (Fsp3) is 0.429. The molecule has 128 valence electrons. The van der Waals surface area contributed by atoms with Crippen molar-refractivity contribution >= 4 is 5.95 Å². The zero-order valence-electron chi connectivity index (χ0n) is 12.4. The van der Waals surface area contributed by atoms with E-state index in [0.29, 0.717) is 31.9 Å². The van der Waals surface area contributed by atoms with Gasteiger partial charge in [0.15, 0.2) is 11.5 Å². The van der Waals surface area contributed by atoms with Crippen molar-refractivity contribution in [1.29, 1.82) is 0 Å². The largest absolute Gasteiger partial charge is 0.460 e. The first kappa shape index (κ1) is 16.3. The van der Waals surface area contributed by atoms with Gasteiger partial charge in [0, 0.05) is 32.1 Å². The highest BCUT2D eigenvalue weighted by Gasteiger charge is 2.33. The Kier molecular flexibility index (Phi) is 4.45. The van der Waals surface area contributed by atoms with Gasteiger partial charge in [0.2, 0.25) is 5.95 Å². The van der Waals surface area contributed by atoms with E-state index in [1.54, 1.807) is 0 Å². The van der Waals surface area contributed by atoms with Crippen LogP contribution in [0.1, 0.15) is 18.5 Å². The number of aromatic nitrogens is 4. The Morgan fingerprint density at radius 1 is 1.08 bits per heavy atom. The van der Waals surface area contributed by atoms with Crippen LogP contribution in [-0.4, -0.2) is 39.1 Å². The Bertz CT molecular complexity index is 686. The smallest absolute Gasteiger partial charge is 0.433 e. The van der Waals surface area contributed by atoms with Crippen LogP contribution in [0.15, 0.2) is 24.7 Å². The van der Waals surface area contributed by atoms with Gasteiger partial charge in [-0.15, -0.1) is 0 Å². The Morgan fingerprint density at radius 2 is 1.75 bits per heavy atom. The molecule has 24 heavy (non-hydrogen) atoms.